The third-order valence-electron chi connectivity index (χ3n) is 7.86. The first-order valence-electron chi connectivity index (χ1n) is 13.2. The minimum atomic E-state index is -1.19. The molecule has 2 aliphatic heterocycles. The van der Waals surface area contributed by atoms with Crippen molar-refractivity contribution in [2.75, 3.05) is 19.7 Å². The fourth-order valence-corrected chi connectivity index (χ4v) is 6.26. The predicted molar refractivity (Wildman–Crippen MR) is 147 cm³/mol. The van der Waals surface area contributed by atoms with E-state index in [2.05, 4.69) is 49.7 Å². The molecule has 1 atom stereocenters. The van der Waals surface area contributed by atoms with E-state index in [-0.39, 0.29) is 17.5 Å². The Morgan fingerprint density at radius 1 is 1.16 bits per heavy atom. The molecule has 2 aromatic heterocycles. The molecule has 8 heteroatoms. The summed E-state index contributed by atoms with van der Waals surface area (Å²) in [5, 5.41) is 12.4. The molecule has 0 saturated carbocycles. The lowest BCUT2D eigenvalue weighted by molar-refractivity contribution is 0.0694. The number of carboxylic acids is 1. The van der Waals surface area contributed by atoms with Gasteiger partial charge in [0.2, 0.25) is 0 Å². The number of fused-ring (bicyclic) bond motifs is 3. The minimum Gasteiger partial charge on any atom is -0.493 e. The summed E-state index contributed by atoms with van der Waals surface area (Å²) in [7, 11) is 0. The van der Waals surface area contributed by atoms with Crippen molar-refractivity contribution in [3.05, 3.63) is 57.3 Å². The van der Waals surface area contributed by atoms with Gasteiger partial charge in [0.25, 0.3) is 0 Å². The Hall–Kier alpha value is -2.97. The molecule has 1 fully saturated rings. The van der Waals surface area contributed by atoms with Gasteiger partial charge in [0, 0.05) is 41.5 Å². The molecule has 37 heavy (non-hydrogen) atoms. The Labute approximate surface area is 221 Å². The molecule has 5 rings (SSSR count). The van der Waals surface area contributed by atoms with E-state index in [1.54, 1.807) is 17.5 Å². The number of carbonyl (C=O) groups is 1. The van der Waals surface area contributed by atoms with Crippen LogP contribution in [0.25, 0.3) is 21.8 Å². The average molecular weight is 522 g/mol. The van der Waals surface area contributed by atoms with E-state index >= 15 is 0 Å². The van der Waals surface area contributed by atoms with Gasteiger partial charge in [-0.05, 0) is 75.7 Å². The lowest BCUT2D eigenvalue weighted by atomic mass is 9.86. The highest BCUT2D eigenvalue weighted by atomic mass is 32.1. The normalized spacial score (nSPS) is 18.2. The zero-order chi connectivity index (χ0) is 26.3. The Kier molecular flexibility index (Phi) is 7.23. The van der Waals surface area contributed by atoms with E-state index in [4.69, 9.17) is 4.74 Å². The number of likely N-dealkylation sites (tertiary alicyclic amines) is 1. The number of aromatic nitrogens is 2. The van der Waals surface area contributed by atoms with Crippen molar-refractivity contribution in [2.45, 2.75) is 59.0 Å². The molecule has 1 saturated heterocycles. The monoisotopic (exact) mass is 521 g/mol. The third-order valence-corrected chi connectivity index (χ3v) is 8.67. The van der Waals surface area contributed by atoms with Gasteiger partial charge < -0.3 is 19.3 Å². The summed E-state index contributed by atoms with van der Waals surface area (Å²) in [5.74, 6) is 0.415. The Bertz CT molecular complexity index is 1340. The third kappa shape index (κ3) is 5.09. The molecule has 2 aliphatic rings. The molecular weight excluding hydrogens is 486 g/mol. The van der Waals surface area contributed by atoms with Gasteiger partial charge >= 0.3 is 5.97 Å². The largest absolute Gasteiger partial charge is 0.493 e. The Morgan fingerprint density at radius 3 is 2.54 bits per heavy atom. The van der Waals surface area contributed by atoms with Crippen molar-refractivity contribution >= 4 is 17.3 Å². The highest BCUT2D eigenvalue weighted by Gasteiger charge is 2.30. The van der Waals surface area contributed by atoms with Crippen molar-refractivity contribution in [2.24, 2.45) is 11.8 Å². The first-order chi connectivity index (χ1) is 17.7. The van der Waals surface area contributed by atoms with Crippen LogP contribution in [0.1, 0.15) is 62.5 Å². The summed E-state index contributed by atoms with van der Waals surface area (Å²) in [5.41, 5.74) is 3.05. The highest BCUT2D eigenvalue weighted by Crippen LogP contribution is 2.43. The molecule has 7 nitrogen and oxygen atoms in total. The molecule has 1 aromatic carbocycles. The van der Waals surface area contributed by atoms with Crippen LogP contribution in [0.4, 0.5) is 0 Å². The Balaban J connectivity index is 1.53. The summed E-state index contributed by atoms with van der Waals surface area (Å²) >= 11 is 1.56. The van der Waals surface area contributed by atoms with Crippen LogP contribution in [0.15, 0.2) is 40.8 Å². The van der Waals surface area contributed by atoms with Crippen molar-refractivity contribution in [1.82, 2.24) is 14.5 Å². The molecule has 0 bridgehead atoms. The van der Waals surface area contributed by atoms with Crippen molar-refractivity contribution in [3.8, 4) is 27.6 Å². The van der Waals surface area contributed by atoms with Crippen molar-refractivity contribution in [3.63, 3.8) is 0 Å². The summed E-state index contributed by atoms with van der Waals surface area (Å²) in [6.45, 7) is 11.7. The number of rotatable bonds is 7. The van der Waals surface area contributed by atoms with Gasteiger partial charge in [-0.3, -0.25) is 4.79 Å². The van der Waals surface area contributed by atoms with Crippen LogP contribution in [0.2, 0.25) is 0 Å². The van der Waals surface area contributed by atoms with Crippen molar-refractivity contribution < 1.29 is 14.6 Å². The molecule has 1 N–H and O–H groups in total. The summed E-state index contributed by atoms with van der Waals surface area (Å²) in [6.07, 6.45) is 6.31. The summed E-state index contributed by atoms with van der Waals surface area (Å²) in [6, 6.07) is 6.30. The number of carboxylic acid groups (broad SMARTS) is 1. The number of nitrogens with zero attached hydrogens (tertiary/aromatic N) is 3. The second-order valence-corrected chi connectivity index (χ2v) is 11.8. The first kappa shape index (κ1) is 25.7. The molecule has 196 valence electrons. The number of aromatic carboxylic acids is 1. The minimum absolute atomic E-state index is 0.0418. The number of thiazole rings is 1. The zero-order valence-electron chi connectivity index (χ0n) is 21.9. The van der Waals surface area contributed by atoms with E-state index in [1.165, 1.54) is 12.3 Å². The van der Waals surface area contributed by atoms with Crippen molar-refractivity contribution in [1.29, 1.82) is 0 Å². The maximum absolute atomic E-state index is 12.7. The number of hydrogen-bond acceptors (Lipinski definition) is 6. The van der Waals surface area contributed by atoms with E-state index in [1.807, 2.05) is 9.95 Å². The summed E-state index contributed by atoms with van der Waals surface area (Å²) < 4.78 is 8.50. The zero-order valence-corrected chi connectivity index (χ0v) is 22.8. The standard InChI is InChI=1S/C29H35N3O4S/c1-17(2)24-11-20-12-27(36-16-19-5-8-31(9-6-19)18(3)4)22(28-30-7-10-37-28)13-21(20)25-14-26(33)23(29(34)35)15-32(24)25/h7,10,12-15,17-19,24H,5-6,8-9,11,16H2,1-4H3,(H,34,35). The lowest BCUT2D eigenvalue weighted by Crippen LogP contribution is -2.39. The maximum atomic E-state index is 12.7. The molecule has 0 spiro atoms. The number of benzene rings is 1. The molecule has 4 heterocycles. The van der Waals surface area contributed by atoms with Crippen LogP contribution in [0.3, 0.4) is 0 Å². The summed E-state index contributed by atoms with van der Waals surface area (Å²) in [4.78, 5) is 31.5. The number of pyridine rings is 1. The van der Waals surface area contributed by atoms with E-state index in [0.717, 1.165) is 65.5 Å². The number of ether oxygens (including phenoxy) is 1. The SMILES string of the molecule is CC(C)C1Cc2cc(OCC3CCN(C(C)C)CC3)c(-c3nccs3)cc2-c2cc(=O)c(C(=O)O)cn21. The molecular formula is C29H35N3O4S. The smallest absolute Gasteiger partial charge is 0.341 e. The molecule has 0 radical (unpaired) electrons. The van der Waals surface area contributed by atoms with Crippen LogP contribution in [-0.4, -0.2) is 51.3 Å². The van der Waals surface area contributed by atoms with E-state index < -0.39 is 11.4 Å². The van der Waals surface area contributed by atoms with Gasteiger partial charge in [0.05, 0.1) is 17.9 Å². The van der Waals surface area contributed by atoms with Gasteiger partial charge in [-0.25, -0.2) is 9.78 Å². The van der Waals surface area contributed by atoms with Gasteiger partial charge in [-0.1, -0.05) is 13.8 Å². The van der Waals surface area contributed by atoms with Gasteiger partial charge in [-0.2, -0.15) is 0 Å². The van der Waals surface area contributed by atoms with E-state index in [9.17, 15) is 14.7 Å². The van der Waals surface area contributed by atoms with E-state index in [0.29, 0.717) is 18.6 Å². The van der Waals surface area contributed by atoms with Crippen LogP contribution >= 0.6 is 11.3 Å². The van der Waals surface area contributed by atoms with Gasteiger partial charge in [0.1, 0.15) is 16.3 Å². The van der Waals surface area contributed by atoms with Crippen LogP contribution in [0.5, 0.6) is 5.75 Å². The maximum Gasteiger partial charge on any atom is 0.341 e. The van der Waals surface area contributed by atoms with Gasteiger partial charge in [0.15, 0.2) is 5.43 Å². The molecule has 3 aromatic rings. The van der Waals surface area contributed by atoms with Crippen LogP contribution in [-0.2, 0) is 6.42 Å². The Morgan fingerprint density at radius 2 is 1.92 bits per heavy atom. The molecule has 1 unspecified atom stereocenters. The number of piperidine rings is 1. The topological polar surface area (TPSA) is 84.7 Å². The van der Waals surface area contributed by atoms with Gasteiger partial charge in [-0.15, -0.1) is 11.3 Å². The fraction of sp³-hybridized carbons (Fsp3) is 0.483. The lowest BCUT2D eigenvalue weighted by Gasteiger charge is -2.35. The molecule has 0 amide bonds. The highest BCUT2D eigenvalue weighted by molar-refractivity contribution is 7.13. The average Bonchev–Trinajstić information content (AvgIpc) is 3.41. The molecule has 0 aliphatic carbocycles. The van der Waals surface area contributed by atoms with Crippen LogP contribution in [0, 0.1) is 11.8 Å². The predicted octanol–water partition coefficient (Wildman–Crippen LogP) is 5.59. The first-order valence-corrected chi connectivity index (χ1v) is 14.0. The second-order valence-electron chi connectivity index (χ2n) is 10.9. The van der Waals surface area contributed by atoms with Crippen LogP contribution < -0.4 is 10.2 Å². The fourth-order valence-electron chi connectivity index (χ4n) is 5.60. The quantitative estimate of drug-likeness (QED) is 0.436. The number of hydrogen-bond donors (Lipinski definition) is 1. The second kappa shape index (κ2) is 10.4.